The minimum absolute atomic E-state index is 0.375. The second kappa shape index (κ2) is 7.59. The summed E-state index contributed by atoms with van der Waals surface area (Å²) < 4.78 is 50.1. The molecule has 1 heterocycles. The van der Waals surface area contributed by atoms with E-state index in [0.29, 0.717) is 12.3 Å². The number of rotatable bonds is 7. The van der Waals surface area contributed by atoms with Crippen LogP contribution in [-0.4, -0.2) is 23.7 Å². The number of allylic oxidation sites excluding steroid dienone is 1. The van der Waals surface area contributed by atoms with Crippen molar-refractivity contribution in [1.29, 1.82) is 0 Å². The molecule has 8 heteroatoms. The van der Waals surface area contributed by atoms with E-state index < -0.39 is 15.6 Å². The smallest absolute Gasteiger partial charge is 0.315 e. The van der Waals surface area contributed by atoms with Crippen molar-refractivity contribution in [2.45, 2.75) is 28.1 Å². The van der Waals surface area contributed by atoms with Gasteiger partial charge in [0.2, 0.25) is 9.84 Å². The molecule has 136 valence electrons. The fourth-order valence-electron chi connectivity index (χ4n) is 2.50. The topological polar surface area (TPSA) is 52.0 Å². The van der Waals surface area contributed by atoms with Gasteiger partial charge in [0, 0.05) is 12.3 Å². The van der Waals surface area contributed by atoms with Gasteiger partial charge < -0.3 is 4.57 Å². The number of para-hydroxylation sites is 2. The molecular formula is C18H16F2N2O2S2. The van der Waals surface area contributed by atoms with Crippen LogP contribution in [0.15, 0.2) is 71.2 Å². The first kappa shape index (κ1) is 18.6. The van der Waals surface area contributed by atoms with Crippen molar-refractivity contribution < 1.29 is 17.2 Å². The number of aromatic nitrogens is 2. The number of hydrogen-bond donors (Lipinski definition) is 0. The molecular weight excluding hydrogens is 378 g/mol. The average molecular weight is 394 g/mol. The van der Waals surface area contributed by atoms with Crippen LogP contribution in [0.1, 0.15) is 5.56 Å². The normalized spacial score (nSPS) is 12.0. The lowest BCUT2D eigenvalue weighted by Crippen LogP contribution is -2.11. The molecule has 0 aliphatic heterocycles. The van der Waals surface area contributed by atoms with Crippen LogP contribution in [0.4, 0.5) is 8.78 Å². The predicted octanol–water partition coefficient (Wildman–Crippen LogP) is 4.51. The first-order chi connectivity index (χ1) is 12.4. The van der Waals surface area contributed by atoms with Gasteiger partial charge in [-0.25, -0.2) is 13.4 Å². The second-order valence-corrected chi connectivity index (χ2v) is 8.38. The number of hydrogen-bond acceptors (Lipinski definition) is 4. The molecule has 0 amide bonds. The molecule has 0 N–H and O–H groups in total. The lowest BCUT2D eigenvalue weighted by atomic mass is 10.2. The van der Waals surface area contributed by atoms with E-state index in [1.54, 1.807) is 18.2 Å². The highest BCUT2D eigenvalue weighted by molar-refractivity contribution is 7.98. The van der Waals surface area contributed by atoms with Gasteiger partial charge in [-0.05, 0) is 29.8 Å². The summed E-state index contributed by atoms with van der Waals surface area (Å²) in [7, 11) is -4.56. The van der Waals surface area contributed by atoms with E-state index in [1.165, 1.54) is 23.9 Å². The molecule has 0 spiro atoms. The Labute approximate surface area is 154 Å². The van der Waals surface area contributed by atoms with Crippen LogP contribution in [-0.2, 0) is 22.1 Å². The van der Waals surface area contributed by atoms with Gasteiger partial charge in [-0.3, -0.25) is 0 Å². The number of halogens is 2. The van der Waals surface area contributed by atoms with Crippen LogP contribution >= 0.6 is 11.8 Å². The lowest BCUT2D eigenvalue weighted by molar-refractivity contribution is 0.234. The van der Waals surface area contributed by atoms with Crippen LogP contribution in [0.25, 0.3) is 11.0 Å². The summed E-state index contributed by atoms with van der Waals surface area (Å²) in [5, 5.41) is 0.815. The third-order valence-electron chi connectivity index (χ3n) is 3.79. The van der Waals surface area contributed by atoms with Crippen molar-refractivity contribution in [3.05, 3.63) is 66.7 Å². The zero-order chi connectivity index (χ0) is 18.7. The molecule has 0 aliphatic rings. The predicted molar refractivity (Wildman–Crippen MR) is 99.1 cm³/mol. The molecule has 3 rings (SSSR count). The van der Waals surface area contributed by atoms with Gasteiger partial charge in [0.05, 0.1) is 15.9 Å². The van der Waals surface area contributed by atoms with Crippen molar-refractivity contribution >= 4 is 32.6 Å². The maximum absolute atomic E-state index is 12.6. The molecule has 4 nitrogen and oxygen atoms in total. The Kier molecular flexibility index (Phi) is 5.43. The SMILES string of the molecule is C=CCn1c(SCc2ccc(S(=O)(=O)C(F)F)cc2)nc2ccccc21. The van der Waals surface area contributed by atoms with E-state index in [4.69, 9.17) is 0 Å². The monoisotopic (exact) mass is 394 g/mol. The second-order valence-electron chi connectivity index (χ2n) is 5.52. The van der Waals surface area contributed by atoms with E-state index >= 15 is 0 Å². The van der Waals surface area contributed by atoms with Crippen molar-refractivity contribution in [3.63, 3.8) is 0 Å². The molecule has 0 saturated heterocycles. The van der Waals surface area contributed by atoms with Crippen molar-refractivity contribution in [1.82, 2.24) is 9.55 Å². The van der Waals surface area contributed by atoms with Gasteiger partial charge in [-0.1, -0.05) is 42.1 Å². The molecule has 0 unspecified atom stereocenters. The summed E-state index contributed by atoms with van der Waals surface area (Å²) in [5.41, 5.74) is 2.71. The molecule has 0 fully saturated rings. The summed E-state index contributed by atoms with van der Waals surface area (Å²) in [6.45, 7) is 4.39. The highest BCUT2D eigenvalue weighted by Crippen LogP contribution is 2.27. The summed E-state index contributed by atoms with van der Waals surface area (Å²) in [6.07, 6.45) is 1.79. The largest absolute Gasteiger partial charge is 0.341 e. The molecule has 0 saturated carbocycles. The molecule has 2 aromatic carbocycles. The van der Waals surface area contributed by atoms with Crippen LogP contribution in [0.2, 0.25) is 0 Å². The Morgan fingerprint density at radius 2 is 1.85 bits per heavy atom. The summed E-state index contributed by atoms with van der Waals surface area (Å²) in [5.74, 6) is -2.88. The third-order valence-corrected chi connectivity index (χ3v) is 6.23. The highest BCUT2D eigenvalue weighted by Gasteiger charge is 2.26. The Morgan fingerprint density at radius 3 is 2.50 bits per heavy atom. The number of fused-ring (bicyclic) bond motifs is 1. The average Bonchev–Trinajstić information content (AvgIpc) is 2.98. The van der Waals surface area contributed by atoms with E-state index in [2.05, 4.69) is 11.6 Å². The molecule has 0 aliphatic carbocycles. The molecule has 26 heavy (non-hydrogen) atoms. The van der Waals surface area contributed by atoms with Gasteiger partial charge in [-0.15, -0.1) is 6.58 Å². The fourth-order valence-corrected chi connectivity index (χ4v) is 4.20. The van der Waals surface area contributed by atoms with E-state index in [0.717, 1.165) is 21.8 Å². The number of alkyl halides is 2. The van der Waals surface area contributed by atoms with Gasteiger partial charge in [0.1, 0.15) is 0 Å². The third kappa shape index (κ3) is 3.66. The van der Waals surface area contributed by atoms with Crippen LogP contribution in [0.3, 0.4) is 0 Å². The molecule has 0 atom stereocenters. The first-order valence-electron chi connectivity index (χ1n) is 7.73. The van der Waals surface area contributed by atoms with Crippen molar-refractivity contribution in [3.8, 4) is 0 Å². The molecule has 1 aromatic heterocycles. The lowest BCUT2D eigenvalue weighted by Gasteiger charge is -2.07. The summed E-state index contributed by atoms with van der Waals surface area (Å²) in [6, 6.07) is 13.3. The minimum atomic E-state index is -4.56. The Morgan fingerprint density at radius 1 is 1.15 bits per heavy atom. The highest BCUT2D eigenvalue weighted by atomic mass is 32.2. The Balaban J connectivity index is 1.80. The Bertz CT molecular complexity index is 1030. The minimum Gasteiger partial charge on any atom is -0.315 e. The summed E-state index contributed by atoms with van der Waals surface area (Å²) >= 11 is 1.49. The first-order valence-corrected chi connectivity index (χ1v) is 10.3. The van der Waals surface area contributed by atoms with Gasteiger partial charge >= 0.3 is 5.76 Å². The number of thioether (sulfide) groups is 1. The quantitative estimate of drug-likeness (QED) is 0.437. The maximum Gasteiger partial charge on any atom is 0.341 e. The van der Waals surface area contributed by atoms with Crippen LogP contribution < -0.4 is 0 Å². The van der Waals surface area contributed by atoms with Crippen LogP contribution in [0, 0.1) is 0 Å². The molecule has 3 aromatic rings. The van der Waals surface area contributed by atoms with Gasteiger partial charge in [0.15, 0.2) is 5.16 Å². The number of sulfone groups is 1. The van der Waals surface area contributed by atoms with E-state index in [1.807, 2.05) is 28.8 Å². The van der Waals surface area contributed by atoms with Crippen molar-refractivity contribution in [2.75, 3.05) is 0 Å². The van der Waals surface area contributed by atoms with E-state index in [-0.39, 0.29) is 4.90 Å². The molecule has 0 radical (unpaired) electrons. The van der Waals surface area contributed by atoms with E-state index in [9.17, 15) is 17.2 Å². The van der Waals surface area contributed by atoms with Gasteiger partial charge in [0.25, 0.3) is 0 Å². The molecule has 0 bridgehead atoms. The zero-order valence-electron chi connectivity index (χ0n) is 13.7. The number of imidazole rings is 1. The fraction of sp³-hybridized carbons (Fsp3) is 0.167. The van der Waals surface area contributed by atoms with Gasteiger partial charge in [-0.2, -0.15) is 8.78 Å². The standard InChI is InChI=1S/C18H16F2N2O2S2/c1-2-11-22-16-6-4-3-5-15(16)21-18(22)25-12-13-7-9-14(10-8-13)26(23,24)17(19)20/h2-10,17H,1,11-12H2. The van der Waals surface area contributed by atoms with Crippen molar-refractivity contribution in [2.24, 2.45) is 0 Å². The Hall–Kier alpha value is -2.19. The number of benzene rings is 2. The number of nitrogens with zero attached hydrogens (tertiary/aromatic N) is 2. The maximum atomic E-state index is 12.6. The van der Waals surface area contributed by atoms with Crippen LogP contribution in [0.5, 0.6) is 0 Å². The summed E-state index contributed by atoms with van der Waals surface area (Å²) in [4.78, 5) is 4.23. The zero-order valence-corrected chi connectivity index (χ0v) is 15.3.